The van der Waals surface area contributed by atoms with Crippen molar-refractivity contribution in [2.75, 3.05) is 26.5 Å². The van der Waals surface area contributed by atoms with Crippen LogP contribution in [-0.4, -0.2) is 48.0 Å². The van der Waals surface area contributed by atoms with Crippen molar-refractivity contribution < 1.29 is 4.79 Å². The number of nitrogens with two attached hydrogens (primary N) is 1. The number of fused-ring (bicyclic) bond motifs is 1. The van der Waals surface area contributed by atoms with Gasteiger partial charge in [-0.15, -0.1) is 0 Å². The van der Waals surface area contributed by atoms with E-state index in [-0.39, 0.29) is 11.8 Å². The van der Waals surface area contributed by atoms with Crippen LogP contribution in [-0.2, 0) is 4.79 Å². The molecule has 2 aromatic rings. The Morgan fingerprint density at radius 1 is 1.15 bits per heavy atom. The van der Waals surface area contributed by atoms with Gasteiger partial charge in [0.2, 0.25) is 5.91 Å². The van der Waals surface area contributed by atoms with Crippen molar-refractivity contribution in [3.63, 3.8) is 0 Å². The smallest absolute Gasteiger partial charge is 0.228 e. The van der Waals surface area contributed by atoms with E-state index in [4.69, 9.17) is 5.84 Å². The van der Waals surface area contributed by atoms with Gasteiger partial charge in [-0.3, -0.25) is 4.79 Å². The number of carbonyl (C=O) groups is 1. The number of hydrazine groups is 1. The van der Waals surface area contributed by atoms with E-state index in [2.05, 4.69) is 35.4 Å². The number of benzene rings is 1. The summed E-state index contributed by atoms with van der Waals surface area (Å²) in [6.07, 6.45) is 9.56. The average molecular weight is 367 g/mol. The van der Waals surface area contributed by atoms with Gasteiger partial charge in [-0.05, 0) is 68.9 Å². The number of carbonyl (C=O) groups excluding carboxylic acids is 1. The summed E-state index contributed by atoms with van der Waals surface area (Å²) in [5.74, 6) is 6.38. The molecule has 27 heavy (non-hydrogen) atoms. The highest BCUT2D eigenvalue weighted by Crippen LogP contribution is 2.28. The van der Waals surface area contributed by atoms with Gasteiger partial charge in [-0.1, -0.05) is 12.1 Å². The van der Waals surface area contributed by atoms with Crippen LogP contribution in [0.2, 0.25) is 0 Å². The van der Waals surface area contributed by atoms with Crippen LogP contribution >= 0.6 is 0 Å². The topological polar surface area (TPSA) is 74.5 Å². The summed E-state index contributed by atoms with van der Waals surface area (Å²) in [4.78, 5) is 19.3. The van der Waals surface area contributed by atoms with Gasteiger partial charge < -0.3 is 15.2 Å². The van der Waals surface area contributed by atoms with Gasteiger partial charge >= 0.3 is 0 Å². The lowest BCUT2D eigenvalue weighted by Crippen LogP contribution is -2.35. The van der Waals surface area contributed by atoms with Crippen molar-refractivity contribution in [3.05, 3.63) is 42.2 Å². The third-order valence-electron chi connectivity index (χ3n) is 5.30. The second-order valence-electron chi connectivity index (χ2n) is 7.62. The molecule has 0 atom stereocenters. The fraction of sp³-hybridized carbons (Fsp3) is 0.429. The van der Waals surface area contributed by atoms with Crippen LogP contribution in [0.15, 0.2) is 36.7 Å². The van der Waals surface area contributed by atoms with Crippen molar-refractivity contribution >= 4 is 28.6 Å². The summed E-state index contributed by atoms with van der Waals surface area (Å²) in [5.41, 5.74) is 1.05. The number of rotatable bonds is 5. The summed E-state index contributed by atoms with van der Waals surface area (Å²) in [6.45, 7) is 0. The van der Waals surface area contributed by atoms with Crippen molar-refractivity contribution in [2.45, 2.75) is 31.7 Å². The molecular weight excluding hydrogens is 338 g/mol. The molecule has 1 amide bonds. The zero-order valence-corrected chi connectivity index (χ0v) is 16.4. The summed E-state index contributed by atoms with van der Waals surface area (Å²) in [6, 6.07) is 8.63. The van der Waals surface area contributed by atoms with Crippen LogP contribution in [0.4, 0.5) is 5.82 Å². The maximum atomic E-state index is 12.6. The molecule has 1 saturated carbocycles. The van der Waals surface area contributed by atoms with E-state index in [1.165, 1.54) is 5.01 Å². The first-order valence-electron chi connectivity index (χ1n) is 9.45. The molecule has 144 valence electrons. The van der Waals surface area contributed by atoms with Crippen molar-refractivity contribution in [2.24, 2.45) is 11.8 Å². The van der Waals surface area contributed by atoms with E-state index in [0.29, 0.717) is 11.9 Å². The van der Waals surface area contributed by atoms with Crippen molar-refractivity contribution in [1.29, 1.82) is 0 Å². The van der Waals surface area contributed by atoms with Gasteiger partial charge in [-0.25, -0.2) is 10.8 Å². The van der Waals surface area contributed by atoms with Gasteiger partial charge in [0.1, 0.15) is 5.82 Å². The molecule has 0 aliphatic heterocycles. The van der Waals surface area contributed by atoms with Crippen LogP contribution in [0.3, 0.4) is 0 Å². The van der Waals surface area contributed by atoms with Gasteiger partial charge in [-0.2, -0.15) is 0 Å². The number of amides is 1. The van der Waals surface area contributed by atoms with Gasteiger partial charge in [0, 0.05) is 36.8 Å². The largest absolute Gasteiger partial charge is 0.321 e. The summed E-state index contributed by atoms with van der Waals surface area (Å²) in [5, 5.41) is 6.59. The summed E-state index contributed by atoms with van der Waals surface area (Å²) < 4.78 is 0. The molecule has 1 aliphatic carbocycles. The lowest BCUT2D eigenvalue weighted by Gasteiger charge is -2.31. The minimum atomic E-state index is 0.0769. The fourth-order valence-electron chi connectivity index (χ4n) is 3.62. The van der Waals surface area contributed by atoms with Gasteiger partial charge in [0.05, 0.1) is 0 Å². The molecule has 1 fully saturated rings. The Morgan fingerprint density at radius 3 is 2.56 bits per heavy atom. The molecule has 0 unspecified atom stereocenters. The van der Waals surface area contributed by atoms with E-state index in [1.807, 2.05) is 24.3 Å². The Hall–Kier alpha value is -2.44. The first-order valence-corrected chi connectivity index (χ1v) is 9.45. The molecule has 0 bridgehead atoms. The quantitative estimate of drug-likeness (QED) is 0.627. The van der Waals surface area contributed by atoms with Gasteiger partial charge in [0.25, 0.3) is 0 Å². The number of nitrogens with one attached hydrogen (secondary N) is 1. The average Bonchev–Trinajstić information content (AvgIpc) is 2.66. The summed E-state index contributed by atoms with van der Waals surface area (Å²) >= 11 is 0. The van der Waals surface area contributed by atoms with E-state index in [9.17, 15) is 4.79 Å². The van der Waals surface area contributed by atoms with Crippen LogP contribution in [0.5, 0.6) is 0 Å². The molecule has 0 saturated heterocycles. The number of aromatic nitrogens is 1. The predicted octanol–water partition coefficient (Wildman–Crippen LogP) is 3.07. The second-order valence-corrected chi connectivity index (χ2v) is 7.62. The molecule has 3 rings (SSSR count). The molecule has 1 aliphatic rings. The highest BCUT2D eigenvalue weighted by molar-refractivity contribution is 5.94. The predicted molar refractivity (Wildman–Crippen MR) is 111 cm³/mol. The SMILES string of the molecule is CN(N)/C=C/c1ccc2cnc(NC(=O)[C@H]3CC[C@H](N(C)C)CC3)cc2c1. The van der Waals surface area contributed by atoms with E-state index < -0.39 is 0 Å². The minimum Gasteiger partial charge on any atom is -0.321 e. The zero-order chi connectivity index (χ0) is 19.4. The van der Waals surface area contributed by atoms with Crippen LogP contribution < -0.4 is 11.2 Å². The molecule has 6 heteroatoms. The maximum absolute atomic E-state index is 12.6. The second kappa shape index (κ2) is 8.50. The molecule has 1 aromatic carbocycles. The minimum absolute atomic E-state index is 0.0769. The van der Waals surface area contributed by atoms with Crippen LogP contribution in [0, 0.1) is 5.92 Å². The standard InChI is InChI=1S/C21H29N5O/c1-25(2)19-8-6-16(7-9-19)21(27)24-20-13-18-12-15(10-11-26(3)22)4-5-17(18)14-23-20/h4-5,10-14,16,19H,6-9,22H2,1-3H3,(H,23,24,27)/b11-10+/t16-,19-. The van der Waals surface area contributed by atoms with Gasteiger partial charge in [0.15, 0.2) is 0 Å². The lowest BCUT2D eigenvalue weighted by molar-refractivity contribution is -0.121. The number of hydrogen-bond acceptors (Lipinski definition) is 5. The van der Waals surface area contributed by atoms with E-state index in [0.717, 1.165) is 42.0 Å². The van der Waals surface area contributed by atoms with Crippen LogP contribution in [0.1, 0.15) is 31.2 Å². The Kier molecular flexibility index (Phi) is 6.08. The Morgan fingerprint density at radius 2 is 1.89 bits per heavy atom. The normalized spacial score (nSPS) is 20.3. The van der Waals surface area contributed by atoms with E-state index >= 15 is 0 Å². The van der Waals surface area contributed by atoms with Crippen LogP contribution in [0.25, 0.3) is 16.8 Å². The first-order chi connectivity index (χ1) is 12.9. The Bertz CT molecular complexity index is 822. The van der Waals surface area contributed by atoms with Crippen molar-refractivity contribution in [3.8, 4) is 0 Å². The highest BCUT2D eigenvalue weighted by atomic mass is 16.1. The highest BCUT2D eigenvalue weighted by Gasteiger charge is 2.27. The summed E-state index contributed by atoms with van der Waals surface area (Å²) in [7, 11) is 6.00. The monoisotopic (exact) mass is 367 g/mol. The number of nitrogens with zero attached hydrogens (tertiary/aromatic N) is 3. The number of pyridine rings is 1. The Labute approximate surface area is 161 Å². The fourth-order valence-corrected chi connectivity index (χ4v) is 3.62. The number of hydrogen-bond donors (Lipinski definition) is 2. The molecule has 0 spiro atoms. The molecule has 1 heterocycles. The first kappa shape index (κ1) is 19.3. The lowest BCUT2D eigenvalue weighted by atomic mass is 9.85. The zero-order valence-electron chi connectivity index (χ0n) is 16.4. The van der Waals surface area contributed by atoms with E-state index in [1.54, 1.807) is 19.4 Å². The molecule has 0 radical (unpaired) electrons. The third-order valence-corrected chi connectivity index (χ3v) is 5.30. The Balaban J connectivity index is 1.68. The molecule has 1 aromatic heterocycles. The molecular formula is C21H29N5O. The number of anilines is 1. The maximum Gasteiger partial charge on any atom is 0.228 e. The molecule has 6 nitrogen and oxygen atoms in total. The van der Waals surface area contributed by atoms with Crippen molar-refractivity contribution in [1.82, 2.24) is 14.9 Å². The third kappa shape index (κ3) is 5.05. The molecule has 3 N–H and O–H groups in total.